The largest absolute Gasteiger partial charge is 0.462 e. The molecule has 6 heteroatoms. The molecule has 1 atom stereocenters. The minimum Gasteiger partial charge on any atom is -0.462 e. The number of unbranched alkanes of at least 4 members (excludes halogenated alkanes) is 40. The van der Waals surface area contributed by atoms with Crippen LogP contribution >= 0.6 is 0 Å². The molecule has 1 unspecified atom stereocenters. The van der Waals surface area contributed by atoms with E-state index in [4.69, 9.17) is 14.2 Å². The van der Waals surface area contributed by atoms with Crippen molar-refractivity contribution in [2.75, 3.05) is 13.2 Å². The predicted molar refractivity (Wildman–Crippen MR) is 302 cm³/mol. The summed E-state index contributed by atoms with van der Waals surface area (Å²) in [5, 5.41) is 0. The first kappa shape index (κ1) is 67.6. The van der Waals surface area contributed by atoms with E-state index in [1.165, 1.54) is 231 Å². The number of carbonyl (C=O) groups is 3. The van der Waals surface area contributed by atoms with Gasteiger partial charge in [-0.25, -0.2) is 0 Å². The van der Waals surface area contributed by atoms with E-state index >= 15 is 0 Å². The zero-order valence-electron chi connectivity index (χ0n) is 47.1. The fraction of sp³-hybridized carbons (Fsp3) is 0.859. The van der Waals surface area contributed by atoms with Crippen molar-refractivity contribution in [1.29, 1.82) is 0 Å². The lowest BCUT2D eigenvalue weighted by Gasteiger charge is -2.18. The summed E-state index contributed by atoms with van der Waals surface area (Å²) in [6, 6.07) is 0. The molecule has 0 heterocycles. The smallest absolute Gasteiger partial charge is 0.306 e. The normalized spacial score (nSPS) is 12.2. The minimum absolute atomic E-state index is 0.0739. The first-order valence-electron chi connectivity index (χ1n) is 31.0. The molecule has 0 bridgehead atoms. The van der Waals surface area contributed by atoms with Crippen LogP contribution in [0.25, 0.3) is 0 Å². The lowest BCUT2D eigenvalue weighted by atomic mass is 10.1. The van der Waals surface area contributed by atoms with Gasteiger partial charge in [0.15, 0.2) is 6.10 Å². The van der Waals surface area contributed by atoms with Crippen LogP contribution in [0.5, 0.6) is 0 Å². The van der Waals surface area contributed by atoms with Crippen LogP contribution in [-0.4, -0.2) is 37.2 Å². The highest BCUT2D eigenvalue weighted by Crippen LogP contribution is 2.16. The average Bonchev–Trinajstić information content (AvgIpc) is 3.36. The van der Waals surface area contributed by atoms with Gasteiger partial charge in [-0.1, -0.05) is 256 Å². The van der Waals surface area contributed by atoms with Crippen molar-refractivity contribution in [2.24, 2.45) is 0 Å². The lowest BCUT2D eigenvalue weighted by molar-refractivity contribution is -0.167. The second kappa shape index (κ2) is 59.2. The lowest BCUT2D eigenvalue weighted by Crippen LogP contribution is -2.30. The number of ether oxygens (including phenoxy) is 3. The monoisotopic (exact) mass is 983 g/mol. The number of esters is 3. The second-order valence-electron chi connectivity index (χ2n) is 21.0. The number of carbonyl (C=O) groups excluding carboxylic acids is 3. The third kappa shape index (κ3) is 56.5. The molecule has 0 aromatic rings. The highest BCUT2D eigenvalue weighted by molar-refractivity contribution is 5.71. The fourth-order valence-corrected chi connectivity index (χ4v) is 9.13. The number of hydrogen-bond acceptors (Lipinski definition) is 6. The molecule has 0 saturated carbocycles. The first-order chi connectivity index (χ1) is 34.5. The maximum absolute atomic E-state index is 12.9. The van der Waals surface area contributed by atoms with Crippen LogP contribution in [0.3, 0.4) is 0 Å². The molecule has 0 amide bonds. The molecule has 0 rings (SSSR count). The van der Waals surface area contributed by atoms with E-state index in [9.17, 15) is 14.4 Å². The minimum atomic E-state index is -0.776. The van der Waals surface area contributed by atoms with Crippen molar-refractivity contribution in [3.05, 3.63) is 36.5 Å². The Bertz CT molecular complexity index is 1170. The zero-order chi connectivity index (χ0) is 50.7. The summed E-state index contributed by atoms with van der Waals surface area (Å²) in [4.78, 5) is 38.2. The Morgan fingerprint density at radius 2 is 0.471 bits per heavy atom. The molecule has 70 heavy (non-hydrogen) atoms. The van der Waals surface area contributed by atoms with E-state index in [1.54, 1.807) is 0 Å². The molecule has 0 fully saturated rings. The second-order valence-corrected chi connectivity index (χ2v) is 21.0. The molecule has 0 aliphatic heterocycles. The topological polar surface area (TPSA) is 78.9 Å². The van der Waals surface area contributed by atoms with Crippen molar-refractivity contribution >= 4 is 17.9 Å². The molecule has 0 aliphatic carbocycles. The van der Waals surface area contributed by atoms with Crippen LogP contribution in [0.15, 0.2) is 36.5 Å². The Hall–Kier alpha value is -2.37. The van der Waals surface area contributed by atoms with Crippen LogP contribution in [0.1, 0.15) is 335 Å². The van der Waals surface area contributed by atoms with Gasteiger partial charge in [-0.2, -0.15) is 0 Å². The maximum atomic E-state index is 12.9. The van der Waals surface area contributed by atoms with Crippen molar-refractivity contribution in [3.63, 3.8) is 0 Å². The van der Waals surface area contributed by atoms with Crippen LogP contribution in [0.2, 0.25) is 0 Å². The summed E-state index contributed by atoms with van der Waals surface area (Å²) >= 11 is 0. The average molecular weight is 984 g/mol. The number of hydrogen-bond donors (Lipinski definition) is 0. The summed E-state index contributed by atoms with van der Waals surface area (Å²) < 4.78 is 16.9. The Morgan fingerprint density at radius 3 is 0.714 bits per heavy atom. The molecule has 0 saturated heterocycles. The van der Waals surface area contributed by atoms with E-state index in [2.05, 4.69) is 57.2 Å². The van der Waals surface area contributed by atoms with Crippen molar-refractivity contribution in [1.82, 2.24) is 0 Å². The van der Waals surface area contributed by atoms with Crippen LogP contribution in [-0.2, 0) is 28.6 Å². The van der Waals surface area contributed by atoms with Crippen LogP contribution < -0.4 is 0 Å². The Morgan fingerprint density at radius 1 is 0.271 bits per heavy atom. The van der Waals surface area contributed by atoms with Gasteiger partial charge in [-0.15, -0.1) is 0 Å². The molecular weight excluding hydrogens is 865 g/mol. The molecule has 0 N–H and O–H groups in total. The van der Waals surface area contributed by atoms with Crippen LogP contribution in [0, 0.1) is 0 Å². The fourth-order valence-electron chi connectivity index (χ4n) is 9.13. The molecule has 0 aliphatic rings. The number of allylic oxidation sites excluding steroid dienone is 6. The van der Waals surface area contributed by atoms with Crippen molar-refractivity contribution in [3.8, 4) is 0 Å². The van der Waals surface area contributed by atoms with Gasteiger partial charge in [0, 0.05) is 19.3 Å². The zero-order valence-corrected chi connectivity index (χ0v) is 47.1. The molecule has 6 nitrogen and oxygen atoms in total. The summed E-state index contributed by atoms with van der Waals surface area (Å²) in [6.45, 7) is 6.66. The van der Waals surface area contributed by atoms with Gasteiger partial charge < -0.3 is 14.2 Å². The molecule has 0 radical (unpaired) electrons. The van der Waals surface area contributed by atoms with E-state index in [1.807, 2.05) is 0 Å². The number of rotatable bonds is 57. The summed E-state index contributed by atoms with van der Waals surface area (Å²) in [5.41, 5.74) is 0. The van der Waals surface area contributed by atoms with Gasteiger partial charge in [0.05, 0.1) is 0 Å². The predicted octanol–water partition coefficient (Wildman–Crippen LogP) is 20.8. The van der Waals surface area contributed by atoms with Gasteiger partial charge in [0.25, 0.3) is 0 Å². The Balaban J connectivity index is 4.33. The van der Waals surface area contributed by atoms with Crippen LogP contribution in [0.4, 0.5) is 0 Å². The molecule has 410 valence electrons. The van der Waals surface area contributed by atoms with Gasteiger partial charge in [-0.3, -0.25) is 14.4 Å². The Kier molecular flexibility index (Phi) is 57.2. The van der Waals surface area contributed by atoms with E-state index in [-0.39, 0.29) is 31.1 Å². The first-order valence-corrected chi connectivity index (χ1v) is 31.0. The highest BCUT2D eigenvalue weighted by Gasteiger charge is 2.19. The van der Waals surface area contributed by atoms with E-state index in [0.717, 1.165) is 64.2 Å². The van der Waals surface area contributed by atoms with Gasteiger partial charge in [0.2, 0.25) is 0 Å². The highest BCUT2D eigenvalue weighted by atomic mass is 16.6. The van der Waals surface area contributed by atoms with Gasteiger partial charge >= 0.3 is 17.9 Å². The SMILES string of the molecule is CCCCCCC/C=C\CCCCCCCC(=O)OCC(COC(=O)CCCCCCCCCCC/C=C\CCCCCCCC)OC(=O)CCCCCCCCCCC/C=C\CCCCCCCC. The standard InChI is InChI=1S/C64H118O6/c1-4-7-10-13-16-19-22-25-28-30-32-34-36-39-42-45-48-51-54-57-63(66)69-60-61(59-68-62(65)56-53-50-47-44-41-38-27-24-21-18-15-12-9-6-3)70-64(67)58-55-52-49-46-43-40-37-35-33-31-29-26-23-20-17-14-11-8-5-2/h24-29,61H,4-23,30-60H2,1-3H3/b27-24-,28-25-,29-26-. The Labute approximate surface area is 435 Å². The summed E-state index contributed by atoms with van der Waals surface area (Å²) in [7, 11) is 0. The van der Waals surface area contributed by atoms with Crippen molar-refractivity contribution in [2.45, 2.75) is 341 Å². The quantitative estimate of drug-likeness (QED) is 0.0261. The van der Waals surface area contributed by atoms with Gasteiger partial charge in [0.1, 0.15) is 13.2 Å². The van der Waals surface area contributed by atoms with Crippen molar-refractivity contribution < 1.29 is 28.6 Å². The third-order valence-corrected chi connectivity index (χ3v) is 13.8. The van der Waals surface area contributed by atoms with Gasteiger partial charge in [-0.05, 0) is 96.3 Å². The molecule has 0 spiro atoms. The third-order valence-electron chi connectivity index (χ3n) is 13.8. The van der Waals surface area contributed by atoms with E-state index < -0.39 is 6.10 Å². The summed E-state index contributed by atoms with van der Waals surface area (Å²) in [5.74, 6) is -0.867. The maximum Gasteiger partial charge on any atom is 0.306 e. The summed E-state index contributed by atoms with van der Waals surface area (Å²) in [6.07, 6.45) is 71.4. The molecular formula is C64H118O6. The molecule has 0 aromatic heterocycles. The molecule has 0 aromatic carbocycles. The van der Waals surface area contributed by atoms with E-state index in [0.29, 0.717) is 19.3 Å².